The summed E-state index contributed by atoms with van der Waals surface area (Å²) in [5.74, 6) is 3.19. The molecule has 0 aromatic heterocycles. The molecule has 0 bridgehead atoms. The summed E-state index contributed by atoms with van der Waals surface area (Å²) in [6.07, 6.45) is 0.0650. The minimum absolute atomic E-state index is 0.00822. The standard InChI is InChI=1S/C20H19NO5/c1-21-7-13-10(2-4-16-20(13)26-9-24-16)17-14(22)6-12-11(18(17)21)3-5-15-19(12)25-8-23-15/h2-5,14,17-18,22H,6-9H2,1H3. The zero-order chi connectivity index (χ0) is 17.4. The molecule has 3 atom stereocenters. The first-order chi connectivity index (χ1) is 12.7. The Morgan fingerprint density at radius 1 is 0.885 bits per heavy atom. The van der Waals surface area contributed by atoms with E-state index in [0.29, 0.717) is 6.42 Å². The SMILES string of the molecule is CN1Cc2c(ccc3c2OCO3)C2C(O)Cc3c(ccc4c3OCO4)C21. The lowest BCUT2D eigenvalue weighted by Gasteiger charge is -2.46. The van der Waals surface area contributed by atoms with Crippen molar-refractivity contribution in [3.05, 3.63) is 46.5 Å². The van der Waals surface area contributed by atoms with Crippen LogP contribution in [0.5, 0.6) is 23.0 Å². The van der Waals surface area contributed by atoms with Crippen molar-refractivity contribution in [1.29, 1.82) is 0 Å². The second kappa shape index (κ2) is 5.05. The van der Waals surface area contributed by atoms with Crippen LogP contribution in [0.2, 0.25) is 0 Å². The molecule has 0 amide bonds. The Labute approximate surface area is 150 Å². The van der Waals surface area contributed by atoms with Crippen molar-refractivity contribution in [3.8, 4) is 23.0 Å². The Balaban J connectivity index is 1.54. The highest BCUT2D eigenvalue weighted by Gasteiger charge is 2.46. The normalized spacial score (nSPS) is 27.7. The van der Waals surface area contributed by atoms with Gasteiger partial charge in [0.25, 0.3) is 0 Å². The van der Waals surface area contributed by atoms with Gasteiger partial charge in [0.1, 0.15) is 0 Å². The fraction of sp³-hybridized carbons (Fsp3) is 0.400. The Bertz CT molecular complexity index is 851. The fourth-order valence-electron chi connectivity index (χ4n) is 5.03. The summed E-state index contributed by atoms with van der Waals surface area (Å²) in [6, 6.07) is 8.26. The van der Waals surface area contributed by atoms with E-state index >= 15 is 0 Å². The number of ether oxygens (including phenoxy) is 4. The van der Waals surface area contributed by atoms with Crippen molar-refractivity contribution >= 4 is 0 Å². The molecule has 1 N–H and O–H groups in total. The van der Waals surface area contributed by atoms with Crippen molar-refractivity contribution in [3.63, 3.8) is 0 Å². The molecule has 4 aliphatic rings. The monoisotopic (exact) mass is 353 g/mol. The van der Waals surface area contributed by atoms with Gasteiger partial charge < -0.3 is 24.1 Å². The molecule has 0 radical (unpaired) electrons. The van der Waals surface area contributed by atoms with Gasteiger partial charge >= 0.3 is 0 Å². The number of fused-ring (bicyclic) bond motifs is 9. The maximum absolute atomic E-state index is 11.1. The first-order valence-corrected chi connectivity index (χ1v) is 8.93. The second-order valence-electron chi connectivity index (χ2n) is 7.39. The molecule has 6 rings (SSSR count). The first-order valence-electron chi connectivity index (χ1n) is 8.93. The zero-order valence-corrected chi connectivity index (χ0v) is 14.4. The lowest BCUT2D eigenvalue weighted by Crippen LogP contribution is -2.43. The van der Waals surface area contributed by atoms with Gasteiger partial charge in [-0.3, -0.25) is 4.90 Å². The van der Waals surface area contributed by atoms with E-state index in [-0.39, 0.29) is 25.5 Å². The predicted octanol–water partition coefficient (Wildman–Crippen LogP) is 2.33. The van der Waals surface area contributed by atoms with E-state index in [2.05, 4.69) is 24.1 Å². The third kappa shape index (κ3) is 1.78. The maximum atomic E-state index is 11.1. The van der Waals surface area contributed by atoms with Gasteiger partial charge in [0.2, 0.25) is 13.6 Å². The lowest BCUT2D eigenvalue weighted by molar-refractivity contribution is 0.0582. The van der Waals surface area contributed by atoms with Crippen molar-refractivity contribution in [1.82, 2.24) is 4.90 Å². The van der Waals surface area contributed by atoms with E-state index in [1.807, 2.05) is 12.1 Å². The number of rotatable bonds is 0. The molecule has 0 spiro atoms. The summed E-state index contributed by atoms with van der Waals surface area (Å²) < 4.78 is 22.5. The molecule has 2 aromatic carbocycles. The summed E-state index contributed by atoms with van der Waals surface area (Å²) in [5.41, 5.74) is 4.58. The van der Waals surface area contributed by atoms with E-state index in [1.165, 1.54) is 5.56 Å². The number of likely N-dealkylation sites (N-methyl/N-ethyl adjacent to an activating group) is 1. The van der Waals surface area contributed by atoms with Gasteiger partial charge in [0, 0.05) is 36.1 Å². The number of nitrogens with zero attached hydrogens (tertiary/aromatic N) is 1. The molecule has 3 unspecified atom stereocenters. The predicted molar refractivity (Wildman–Crippen MR) is 91.8 cm³/mol. The van der Waals surface area contributed by atoms with Crippen LogP contribution in [0.4, 0.5) is 0 Å². The molecule has 3 heterocycles. The second-order valence-corrected chi connectivity index (χ2v) is 7.39. The van der Waals surface area contributed by atoms with Crippen LogP contribution in [-0.2, 0) is 13.0 Å². The van der Waals surface area contributed by atoms with E-state index < -0.39 is 6.10 Å². The highest BCUT2D eigenvalue weighted by molar-refractivity contribution is 5.59. The summed E-state index contributed by atoms with van der Waals surface area (Å²) in [4.78, 5) is 2.29. The molecule has 1 aliphatic carbocycles. The summed E-state index contributed by atoms with van der Waals surface area (Å²) in [7, 11) is 2.10. The van der Waals surface area contributed by atoms with Gasteiger partial charge in [0.05, 0.1) is 6.10 Å². The van der Waals surface area contributed by atoms with Crippen LogP contribution in [-0.4, -0.2) is 36.7 Å². The Hall–Kier alpha value is -2.44. The topological polar surface area (TPSA) is 60.4 Å². The molecule has 134 valence electrons. The maximum Gasteiger partial charge on any atom is 0.231 e. The first kappa shape index (κ1) is 14.7. The molecule has 6 nitrogen and oxygen atoms in total. The van der Waals surface area contributed by atoms with Crippen molar-refractivity contribution in [2.45, 2.75) is 31.0 Å². The average Bonchev–Trinajstić information content (AvgIpc) is 3.30. The fourth-order valence-corrected chi connectivity index (χ4v) is 5.03. The van der Waals surface area contributed by atoms with Gasteiger partial charge in [-0.15, -0.1) is 0 Å². The van der Waals surface area contributed by atoms with Crippen LogP contribution in [0, 0.1) is 0 Å². The van der Waals surface area contributed by atoms with E-state index in [0.717, 1.165) is 46.2 Å². The van der Waals surface area contributed by atoms with Crippen LogP contribution < -0.4 is 18.9 Å². The minimum Gasteiger partial charge on any atom is -0.454 e. The number of aliphatic hydroxyl groups excluding tert-OH is 1. The molecule has 0 saturated heterocycles. The van der Waals surface area contributed by atoms with Gasteiger partial charge in [-0.1, -0.05) is 12.1 Å². The Morgan fingerprint density at radius 3 is 2.27 bits per heavy atom. The molecule has 26 heavy (non-hydrogen) atoms. The number of benzene rings is 2. The van der Waals surface area contributed by atoms with Crippen LogP contribution >= 0.6 is 0 Å². The third-order valence-electron chi connectivity index (χ3n) is 6.08. The van der Waals surface area contributed by atoms with E-state index in [1.54, 1.807) is 0 Å². The molecular formula is C20H19NO5. The smallest absolute Gasteiger partial charge is 0.231 e. The molecule has 3 aliphatic heterocycles. The largest absolute Gasteiger partial charge is 0.454 e. The van der Waals surface area contributed by atoms with Gasteiger partial charge in [-0.25, -0.2) is 0 Å². The van der Waals surface area contributed by atoms with Gasteiger partial charge in [0.15, 0.2) is 23.0 Å². The number of aliphatic hydroxyl groups is 1. The summed E-state index contributed by atoms with van der Waals surface area (Å²) in [5, 5.41) is 11.1. The van der Waals surface area contributed by atoms with Crippen LogP contribution in [0.3, 0.4) is 0 Å². The Kier molecular flexibility index (Phi) is 2.86. The highest BCUT2D eigenvalue weighted by Crippen LogP contribution is 2.55. The van der Waals surface area contributed by atoms with Crippen LogP contribution in [0.15, 0.2) is 24.3 Å². The highest BCUT2D eigenvalue weighted by atomic mass is 16.7. The quantitative estimate of drug-likeness (QED) is 0.784. The Morgan fingerprint density at radius 2 is 1.54 bits per heavy atom. The van der Waals surface area contributed by atoms with E-state index in [4.69, 9.17) is 18.9 Å². The number of hydrogen-bond donors (Lipinski definition) is 1. The van der Waals surface area contributed by atoms with E-state index in [9.17, 15) is 5.11 Å². The van der Waals surface area contributed by atoms with Gasteiger partial charge in [-0.2, -0.15) is 0 Å². The van der Waals surface area contributed by atoms with Gasteiger partial charge in [-0.05, 0) is 30.3 Å². The average molecular weight is 353 g/mol. The van der Waals surface area contributed by atoms with Crippen LogP contribution in [0.1, 0.15) is 34.2 Å². The minimum atomic E-state index is -0.495. The summed E-state index contributed by atoms with van der Waals surface area (Å²) >= 11 is 0. The van der Waals surface area contributed by atoms with Crippen LogP contribution in [0.25, 0.3) is 0 Å². The molecule has 0 saturated carbocycles. The number of hydrogen-bond acceptors (Lipinski definition) is 6. The van der Waals surface area contributed by atoms with Crippen molar-refractivity contribution < 1.29 is 24.1 Å². The molecular weight excluding hydrogens is 334 g/mol. The zero-order valence-electron chi connectivity index (χ0n) is 14.4. The molecule has 2 aromatic rings. The molecule has 6 heteroatoms. The third-order valence-corrected chi connectivity index (χ3v) is 6.08. The van der Waals surface area contributed by atoms with Crippen molar-refractivity contribution in [2.75, 3.05) is 20.6 Å². The summed E-state index contributed by atoms with van der Waals surface area (Å²) in [6.45, 7) is 1.26. The molecule has 0 fully saturated rings. The lowest BCUT2D eigenvalue weighted by atomic mass is 9.70. The van der Waals surface area contributed by atoms with Crippen molar-refractivity contribution in [2.24, 2.45) is 0 Å².